The van der Waals surface area contributed by atoms with Gasteiger partial charge in [0.1, 0.15) is 13.2 Å². The Kier molecular flexibility index (Phi) is 49.7. The number of quaternary nitrogens is 1. The van der Waals surface area contributed by atoms with Crippen molar-refractivity contribution >= 4 is 13.7 Å². The fourth-order valence-electron chi connectivity index (χ4n) is 8.70. The van der Waals surface area contributed by atoms with Crippen LogP contribution in [-0.4, -0.2) is 68.5 Å². The minimum Gasteiger partial charge on any atom is -0.756 e. The van der Waals surface area contributed by atoms with E-state index in [-0.39, 0.29) is 12.5 Å². The molecule has 402 valence electrons. The second kappa shape index (κ2) is 50.7. The number of aliphatic hydroxyl groups is 1. The predicted octanol–water partition coefficient (Wildman–Crippen LogP) is 17.1. The third-order valence-electron chi connectivity index (χ3n) is 13.3. The average Bonchev–Trinajstić information content (AvgIpc) is 3.30. The molecule has 0 aliphatic rings. The highest BCUT2D eigenvalue weighted by molar-refractivity contribution is 7.45. The van der Waals surface area contributed by atoms with Crippen LogP contribution in [0.5, 0.6) is 0 Å². The molecule has 0 aromatic rings. The van der Waals surface area contributed by atoms with Gasteiger partial charge in [-0.1, -0.05) is 256 Å². The van der Waals surface area contributed by atoms with Gasteiger partial charge in [-0.25, -0.2) is 0 Å². The van der Waals surface area contributed by atoms with Gasteiger partial charge in [0.25, 0.3) is 7.82 Å². The summed E-state index contributed by atoms with van der Waals surface area (Å²) in [6, 6.07) is -0.899. The summed E-state index contributed by atoms with van der Waals surface area (Å²) in [4.78, 5) is 25.3. The van der Waals surface area contributed by atoms with Crippen LogP contribution >= 0.6 is 7.82 Å². The molecule has 3 atom stereocenters. The Balaban J connectivity index is 3.81. The first-order valence-corrected chi connectivity index (χ1v) is 30.8. The number of hydrogen-bond donors (Lipinski definition) is 2. The number of amides is 1. The highest BCUT2D eigenvalue weighted by atomic mass is 31.2. The van der Waals surface area contributed by atoms with E-state index in [4.69, 9.17) is 9.05 Å². The molecule has 0 bridgehead atoms. The van der Waals surface area contributed by atoms with Gasteiger partial charge in [-0.3, -0.25) is 9.36 Å². The normalized spacial score (nSPS) is 14.2. The molecule has 0 aliphatic carbocycles. The zero-order chi connectivity index (χ0) is 49.9. The molecule has 0 aromatic carbocycles. The number of aliphatic hydroxyl groups excluding tert-OH is 1. The van der Waals surface area contributed by atoms with Gasteiger partial charge in [0.05, 0.1) is 39.9 Å². The van der Waals surface area contributed by atoms with Crippen molar-refractivity contribution in [3.8, 4) is 0 Å². The number of carbonyl (C=O) groups excluding carboxylic acids is 1. The molecule has 68 heavy (non-hydrogen) atoms. The molecule has 3 unspecified atom stereocenters. The lowest BCUT2D eigenvalue weighted by Gasteiger charge is -2.29. The van der Waals surface area contributed by atoms with Crippen molar-refractivity contribution in [1.82, 2.24) is 5.32 Å². The molecule has 9 heteroatoms. The van der Waals surface area contributed by atoms with Crippen LogP contribution in [0, 0.1) is 0 Å². The number of phosphoric ester groups is 1. The first kappa shape index (κ1) is 66.7. The number of phosphoric acid groups is 1. The van der Waals surface area contributed by atoms with Crippen LogP contribution in [-0.2, 0) is 18.4 Å². The van der Waals surface area contributed by atoms with Crippen molar-refractivity contribution in [2.75, 3.05) is 40.9 Å². The van der Waals surface area contributed by atoms with E-state index in [9.17, 15) is 19.4 Å². The minimum absolute atomic E-state index is 0.00522. The quantitative estimate of drug-likeness (QED) is 0.0272. The fourth-order valence-corrected chi connectivity index (χ4v) is 9.42. The number of allylic oxidation sites excluding steroid dienone is 5. The molecule has 0 aliphatic heterocycles. The first-order valence-electron chi connectivity index (χ1n) is 29.4. The SMILES string of the molecule is CCCCC/C=C/CC/C=C/C(O)C(COP(=O)([O-])OCC[N+](C)(C)C)NC(=O)CCCCCCCCCCCCCCCCCCCCCCCCCCC/C=C\CCCCCCCCCC. The summed E-state index contributed by atoms with van der Waals surface area (Å²) >= 11 is 0. The van der Waals surface area contributed by atoms with Gasteiger partial charge in [-0.2, -0.15) is 0 Å². The number of hydrogen-bond acceptors (Lipinski definition) is 6. The van der Waals surface area contributed by atoms with Crippen molar-refractivity contribution in [2.24, 2.45) is 0 Å². The fraction of sp³-hybridized carbons (Fsp3) is 0.881. The molecule has 0 fully saturated rings. The Hall–Kier alpha value is -1.28. The van der Waals surface area contributed by atoms with Gasteiger partial charge < -0.3 is 28.8 Å². The summed E-state index contributed by atoms with van der Waals surface area (Å²) in [5, 5.41) is 13.7. The molecule has 1 amide bonds. The number of nitrogens with zero attached hydrogens (tertiary/aromatic N) is 1. The number of unbranched alkanes of at least 4 members (excludes halogenated alkanes) is 37. The van der Waals surface area contributed by atoms with E-state index in [1.165, 1.54) is 225 Å². The highest BCUT2D eigenvalue weighted by Crippen LogP contribution is 2.38. The van der Waals surface area contributed by atoms with Gasteiger partial charge in [-0.05, 0) is 57.8 Å². The molecule has 0 aromatic heterocycles. The predicted molar refractivity (Wildman–Crippen MR) is 293 cm³/mol. The van der Waals surface area contributed by atoms with E-state index in [0.29, 0.717) is 17.4 Å². The molecule has 2 N–H and O–H groups in total. The lowest BCUT2D eigenvalue weighted by Crippen LogP contribution is -2.45. The van der Waals surface area contributed by atoms with Gasteiger partial charge in [0.15, 0.2) is 0 Å². The van der Waals surface area contributed by atoms with Crippen molar-refractivity contribution < 1.29 is 32.9 Å². The topological polar surface area (TPSA) is 108 Å². The Morgan fingerprint density at radius 2 is 0.824 bits per heavy atom. The summed E-state index contributed by atoms with van der Waals surface area (Å²) in [5.74, 6) is -0.206. The van der Waals surface area contributed by atoms with E-state index in [2.05, 4.69) is 43.5 Å². The average molecular weight is 980 g/mol. The van der Waals surface area contributed by atoms with E-state index < -0.39 is 26.6 Å². The minimum atomic E-state index is -4.59. The molecule has 0 heterocycles. The number of rotatable bonds is 54. The maximum atomic E-state index is 12.9. The molecular formula is C59H115N2O6P. The number of nitrogens with one attached hydrogen (secondary N) is 1. The largest absolute Gasteiger partial charge is 0.756 e. The molecule has 0 radical (unpaired) electrons. The maximum Gasteiger partial charge on any atom is 0.268 e. The van der Waals surface area contributed by atoms with Crippen LogP contribution in [0.25, 0.3) is 0 Å². The first-order chi connectivity index (χ1) is 33.0. The molecule has 0 saturated heterocycles. The standard InChI is InChI=1S/C59H115N2O6P/c1-6-8-10-12-14-16-17-18-19-20-21-22-23-24-25-26-27-28-29-30-31-32-33-34-35-36-37-38-39-40-41-42-43-45-47-49-51-53-59(63)60-57(56-67-68(64,65)66-55-54-61(3,4)5)58(62)52-50-48-46-44-15-13-11-9-7-2/h15,20-21,44,50,52,57-58,62H,6-14,16-19,22-43,45-49,51,53-56H2,1-5H3,(H-,60,63,64,65)/b21-20-,44-15+,52-50+. The van der Waals surface area contributed by atoms with Crippen LogP contribution in [0.3, 0.4) is 0 Å². The van der Waals surface area contributed by atoms with Crippen molar-refractivity contribution in [2.45, 2.75) is 296 Å². The van der Waals surface area contributed by atoms with Gasteiger partial charge in [0, 0.05) is 6.42 Å². The van der Waals surface area contributed by atoms with Crippen LogP contribution in [0.2, 0.25) is 0 Å². The van der Waals surface area contributed by atoms with E-state index in [0.717, 1.165) is 38.5 Å². The zero-order valence-electron chi connectivity index (χ0n) is 45.8. The van der Waals surface area contributed by atoms with Gasteiger partial charge in [0.2, 0.25) is 5.91 Å². The summed E-state index contributed by atoms with van der Waals surface area (Å²) < 4.78 is 23.2. The Labute approximate surface area is 423 Å². The van der Waals surface area contributed by atoms with Gasteiger partial charge >= 0.3 is 0 Å². The summed E-state index contributed by atoms with van der Waals surface area (Å²) in [7, 11) is 1.25. The van der Waals surface area contributed by atoms with Crippen LogP contribution in [0.15, 0.2) is 36.5 Å². The zero-order valence-corrected chi connectivity index (χ0v) is 46.7. The lowest BCUT2D eigenvalue weighted by molar-refractivity contribution is -0.870. The molecule has 0 saturated carbocycles. The molecule has 8 nitrogen and oxygen atoms in total. The van der Waals surface area contributed by atoms with Crippen LogP contribution < -0.4 is 10.2 Å². The summed E-state index contributed by atoms with van der Waals surface area (Å²) in [6.07, 6.45) is 65.7. The molecular weight excluding hydrogens is 864 g/mol. The third kappa shape index (κ3) is 52.5. The Morgan fingerprint density at radius 1 is 0.500 bits per heavy atom. The lowest BCUT2D eigenvalue weighted by atomic mass is 10.0. The number of carbonyl (C=O) groups is 1. The van der Waals surface area contributed by atoms with Crippen molar-refractivity contribution in [3.05, 3.63) is 36.5 Å². The van der Waals surface area contributed by atoms with E-state index >= 15 is 0 Å². The van der Waals surface area contributed by atoms with Crippen LogP contribution in [0.4, 0.5) is 0 Å². The Morgan fingerprint density at radius 3 is 1.22 bits per heavy atom. The monoisotopic (exact) mass is 979 g/mol. The van der Waals surface area contributed by atoms with Crippen LogP contribution in [0.1, 0.15) is 284 Å². The highest BCUT2D eigenvalue weighted by Gasteiger charge is 2.23. The molecule has 0 rings (SSSR count). The second-order valence-corrected chi connectivity index (χ2v) is 22.8. The smallest absolute Gasteiger partial charge is 0.268 e. The van der Waals surface area contributed by atoms with E-state index in [1.807, 2.05) is 27.2 Å². The summed E-state index contributed by atoms with van der Waals surface area (Å²) in [5.41, 5.74) is 0. The van der Waals surface area contributed by atoms with Crippen molar-refractivity contribution in [1.29, 1.82) is 0 Å². The molecule has 0 spiro atoms. The second-order valence-electron chi connectivity index (χ2n) is 21.3. The number of likely N-dealkylation sites (N-methyl/N-ethyl adjacent to an activating group) is 1. The third-order valence-corrected chi connectivity index (χ3v) is 14.3. The summed E-state index contributed by atoms with van der Waals surface area (Å²) in [6.45, 7) is 4.59. The van der Waals surface area contributed by atoms with E-state index in [1.54, 1.807) is 6.08 Å². The Bertz CT molecular complexity index is 1200. The van der Waals surface area contributed by atoms with Gasteiger partial charge in [-0.15, -0.1) is 0 Å². The van der Waals surface area contributed by atoms with Crippen molar-refractivity contribution in [3.63, 3.8) is 0 Å². The maximum absolute atomic E-state index is 12.9.